The summed E-state index contributed by atoms with van der Waals surface area (Å²) in [5.74, 6) is -2.94. The van der Waals surface area contributed by atoms with Crippen molar-refractivity contribution in [2.24, 2.45) is 0 Å². The quantitative estimate of drug-likeness (QED) is 0.288. The van der Waals surface area contributed by atoms with Crippen molar-refractivity contribution in [2.75, 3.05) is 6.61 Å². The van der Waals surface area contributed by atoms with Crippen LogP contribution in [0, 0.1) is 0 Å². The van der Waals surface area contributed by atoms with E-state index in [1.54, 1.807) is 31.2 Å². The normalized spacial score (nSPS) is 13.3. The van der Waals surface area contributed by atoms with Crippen LogP contribution in [0.4, 0.5) is 4.79 Å². The number of aliphatic carboxylic acids is 1. The lowest BCUT2D eigenvalue weighted by atomic mass is 9.98. The number of hydrogen-bond acceptors (Lipinski definition) is 6. The summed E-state index contributed by atoms with van der Waals surface area (Å²) in [5.41, 5.74) is 4.95. The van der Waals surface area contributed by atoms with Crippen molar-refractivity contribution in [1.29, 1.82) is 0 Å². The molecule has 3 aromatic carbocycles. The van der Waals surface area contributed by atoms with Crippen molar-refractivity contribution in [3.05, 3.63) is 95.6 Å². The molecule has 3 N–H and O–H groups in total. The molecule has 2 amide bonds. The standard InChI is InChI=1S/C31H32N2O7/c1-2-10-26(30(36)37)32-29(35)27(17-28(34)39-18-20-11-4-3-5-12-20)33-31(38)40-19-25-23-15-8-6-13-21(23)22-14-7-9-16-24(22)25/h3-9,11-16,25-27H,2,10,17-19H2,1H3,(H,32,35)(H,33,38)(H,36,37)/t26?,27-/m0/s1. The first-order valence-electron chi connectivity index (χ1n) is 13.2. The van der Waals surface area contributed by atoms with Crippen LogP contribution in [0.25, 0.3) is 11.1 Å². The number of carbonyl (C=O) groups is 4. The number of amides is 2. The minimum absolute atomic E-state index is 0.00740. The molecule has 2 atom stereocenters. The number of carbonyl (C=O) groups excluding carboxylic acids is 3. The zero-order valence-electron chi connectivity index (χ0n) is 22.2. The SMILES string of the molecule is CCCC(NC(=O)[C@H](CC(=O)OCc1ccccc1)NC(=O)OCC1c2ccccc2-c2ccccc21)C(=O)O. The molecular weight excluding hydrogens is 512 g/mol. The number of nitrogens with one attached hydrogen (secondary N) is 2. The molecule has 0 spiro atoms. The van der Waals surface area contributed by atoms with E-state index in [4.69, 9.17) is 9.47 Å². The van der Waals surface area contributed by atoms with E-state index in [0.717, 1.165) is 27.8 Å². The molecule has 208 valence electrons. The number of rotatable bonds is 12. The number of carboxylic acid groups (broad SMARTS) is 1. The van der Waals surface area contributed by atoms with Gasteiger partial charge in [0.1, 0.15) is 25.3 Å². The van der Waals surface area contributed by atoms with Gasteiger partial charge in [-0.1, -0.05) is 92.2 Å². The van der Waals surface area contributed by atoms with Crippen LogP contribution in [0.1, 0.15) is 48.8 Å². The number of alkyl carbamates (subject to hydrolysis) is 1. The maximum atomic E-state index is 13.0. The van der Waals surface area contributed by atoms with Crippen LogP contribution < -0.4 is 10.6 Å². The minimum Gasteiger partial charge on any atom is -0.480 e. The zero-order chi connectivity index (χ0) is 28.5. The molecule has 0 bridgehead atoms. The maximum Gasteiger partial charge on any atom is 0.407 e. The van der Waals surface area contributed by atoms with Gasteiger partial charge in [0.05, 0.1) is 6.42 Å². The second kappa shape index (κ2) is 13.4. The number of fused-ring (bicyclic) bond motifs is 3. The molecule has 40 heavy (non-hydrogen) atoms. The summed E-state index contributed by atoms with van der Waals surface area (Å²) in [6.45, 7) is 1.79. The molecular formula is C31H32N2O7. The fourth-order valence-corrected chi connectivity index (χ4v) is 4.77. The molecule has 0 heterocycles. The van der Waals surface area contributed by atoms with Crippen molar-refractivity contribution in [3.8, 4) is 11.1 Å². The summed E-state index contributed by atoms with van der Waals surface area (Å²) < 4.78 is 10.8. The van der Waals surface area contributed by atoms with Gasteiger partial charge in [-0.15, -0.1) is 0 Å². The molecule has 4 rings (SSSR count). The first kappa shape index (κ1) is 28.4. The summed E-state index contributed by atoms with van der Waals surface area (Å²) in [4.78, 5) is 50.0. The van der Waals surface area contributed by atoms with Gasteiger partial charge < -0.3 is 25.2 Å². The Morgan fingerprint density at radius 3 is 2.00 bits per heavy atom. The summed E-state index contributed by atoms with van der Waals surface area (Å²) in [7, 11) is 0. The van der Waals surface area contributed by atoms with Crippen molar-refractivity contribution in [3.63, 3.8) is 0 Å². The average molecular weight is 545 g/mol. The Bertz CT molecular complexity index is 1310. The minimum atomic E-state index is -1.39. The Balaban J connectivity index is 1.42. The third-order valence-corrected chi connectivity index (χ3v) is 6.76. The van der Waals surface area contributed by atoms with E-state index in [1.165, 1.54) is 0 Å². The van der Waals surface area contributed by atoms with E-state index in [2.05, 4.69) is 10.6 Å². The van der Waals surface area contributed by atoms with Gasteiger partial charge in [0.25, 0.3) is 0 Å². The van der Waals surface area contributed by atoms with Gasteiger partial charge in [-0.05, 0) is 34.2 Å². The lowest BCUT2D eigenvalue weighted by molar-refractivity contribution is -0.147. The lowest BCUT2D eigenvalue weighted by Crippen LogP contribution is -2.52. The Hall–Kier alpha value is -4.66. The fourth-order valence-electron chi connectivity index (χ4n) is 4.77. The van der Waals surface area contributed by atoms with Gasteiger partial charge >= 0.3 is 18.0 Å². The second-order valence-corrected chi connectivity index (χ2v) is 9.56. The van der Waals surface area contributed by atoms with Crippen LogP contribution in [-0.4, -0.2) is 47.7 Å². The Kier molecular flexibility index (Phi) is 9.51. The molecule has 3 aromatic rings. The monoisotopic (exact) mass is 544 g/mol. The second-order valence-electron chi connectivity index (χ2n) is 9.56. The van der Waals surface area contributed by atoms with Crippen LogP contribution in [-0.2, 0) is 30.5 Å². The molecule has 1 aliphatic rings. The molecule has 0 aromatic heterocycles. The van der Waals surface area contributed by atoms with E-state index >= 15 is 0 Å². The third-order valence-electron chi connectivity index (χ3n) is 6.76. The summed E-state index contributed by atoms with van der Waals surface area (Å²) in [6.07, 6.45) is -0.695. The van der Waals surface area contributed by atoms with Gasteiger partial charge in [-0.2, -0.15) is 0 Å². The van der Waals surface area contributed by atoms with Crippen molar-refractivity contribution in [2.45, 2.75) is 50.8 Å². The van der Waals surface area contributed by atoms with Crippen LogP contribution >= 0.6 is 0 Å². The Labute approximate surface area is 232 Å². The Morgan fingerprint density at radius 2 is 1.40 bits per heavy atom. The summed E-state index contributed by atoms with van der Waals surface area (Å²) in [6, 6.07) is 22.2. The van der Waals surface area contributed by atoms with Gasteiger partial charge in [0.2, 0.25) is 5.91 Å². The molecule has 0 radical (unpaired) electrons. The van der Waals surface area contributed by atoms with E-state index in [1.807, 2.05) is 54.6 Å². The first-order valence-corrected chi connectivity index (χ1v) is 13.2. The molecule has 0 saturated carbocycles. The maximum absolute atomic E-state index is 13.0. The predicted molar refractivity (Wildman–Crippen MR) is 147 cm³/mol. The number of hydrogen-bond donors (Lipinski definition) is 3. The topological polar surface area (TPSA) is 131 Å². The summed E-state index contributed by atoms with van der Waals surface area (Å²) in [5, 5.41) is 14.3. The molecule has 9 nitrogen and oxygen atoms in total. The van der Waals surface area contributed by atoms with E-state index < -0.39 is 42.4 Å². The number of carboxylic acids is 1. The highest BCUT2D eigenvalue weighted by Gasteiger charge is 2.31. The molecule has 9 heteroatoms. The van der Waals surface area contributed by atoms with Crippen molar-refractivity contribution >= 4 is 23.9 Å². The number of benzene rings is 3. The van der Waals surface area contributed by atoms with Crippen LogP contribution in [0.15, 0.2) is 78.9 Å². The van der Waals surface area contributed by atoms with Crippen LogP contribution in [0.5, 0.6) is 0 Å². The number of esters is 1. The van der Waals surface area contributed by atoms with E-state index in [0.29, 0.717) is 6.42 Å². The highest BCUT2D eigenvalue weighted by Crippen LogP contribution is 2.44. The first-order chi connectivity index (χ1) is 19.4. The van der Waals surface area contributed by atoms with Gasteiger partial charge in [0.15, 0.2) is 0 Å². The fraction of sp³-hybridized carbons (Fsp3) is 0.290. The molecule has 1 unspecified atom stereocenters. The van der Waals surface area contributed by atoms with Gasteiger partial charge in [-0.25, -0.2) is 9.59 Å². The predicted octanol–water partition coefficient (Wildman–Crippen LogP) is 4.40. The van der Waals surface area contributed by atoms with Crippen molar-refractivity contribution < 1.29 is 33.8 Å². The van der Waals surface area contributed by atoms with Gasteiger partial charge in [0, 0.05) is 5.92 Å². The highest BCUT2D eigenvalue weighted by atomic mass is 16.5. The van der Waals surface area contributed by atoms with E-state index in [9.17, 15) is 24.3 Å². The van der Waals surface area contributed by atoms with Crippen LogP contribution in [0.2, 0.25) is 0 Å². The molecule has 1 aliphatic carbocycles. The smallest absolute Gasteiger partial charge is 0.407 e. The number of ether oxygens (including phenoxy) is 2. The van der Waals surface area contributed by atoms with Crippen LogP contribution in [0.3, 0.4) is 0 Å². The highest BCUT2D eigenvalue weighted by molar-refractivity contribution is 5.92. The Morgan fingerprint density at radius 1 is 0.800 bits per heavy atom. The zero-order valence-corrected chi connectivity index (χ0v) is 22.2. The lowest BCUT2D eigenvalue weighted by Gasteiger charge is -2.21. The largest absolute Gasteiger partial charge is 0.480 e. The van der Waals surface area contributed by atoms with E-state index in [-0.39, 0.29) is 25.6 Å². The third kappa shape index (κ3) is 7.05. The molecule has 0 fully saturated rings. The van der Waals surface area contributed by atoms with Gasteiger partial charge in [-0.3, -0.25) is 9.59 Å². The van der Waals surface area contributed by atoms with Crippen molar-refractivity contribution in [1.82, 2.24) is 10.6 Å². The molecule has 0 saturated heterocycles. The molecule has 0 aliphatic heterocycles. The summed E-state index contributed by atoms with van der Waals surface area (Å²) >= 11 is 0. The average Bonchev–Trinajstić information content (AvgIpc) is 3.28.